The fraction of sp³-hybridized carbons (Fsp3) is 0.375. The Hall–Kier alpha value is -2.59. The smallest absolute Gasteiger partial charge is 0.227 e. The lowest BCUT2D eigenvalue weighted by Gasteiger charge is -2.34. The standard InChI is InChI=1S/C24H27NO3/c1-16-8-9-21-20(15-28-24(21)17(16)2)14-22(26)25-12-10-19(11-13-25)23(27)18-6-4-3-5-7-18/h3-9,15,19,23,27H,10-14H2,1-2H3. The minimum atomic E-state index is -0.456. The Morgan fingerprint density at radius 1 is 1.14 bits per heavy atom. The van der Waals surface area contributed by atoms with Gasteiger partial charge in [-0.15, -0.1) is 0 Å². The van der Waals surface area contributed by atoms with Gasteiger partial charge in [-0.3, -0.25) is 4.79 Å². The average molecular weight is 377 g/mol. The van der Waals surface area contributed by atoms with Crippen LogP contribution in [0.15, 0.2) is 53.1 Å². The first-order chi connectivity index (χ1) is 13.5. The highest BCUT2D eigenvalue weighted by Gasteiger charge is 2.28. The van der Waals surface area contributed by atoms with Crippen molar-refractivity contribution in [1.82, 2.24) is 4.90 Å². The van der Waals surface area contributed by atoms with E-state index in [9.17, 15) is 9.90 Å². The van der Waals surface area contributed by atoms with Gasteiger partial charge in [-0.1, -0.05) is 42.5 Å². The molecule has 4 heteroatoms. The van der Waals surface area contributed by atoms with Gasteiger partial charge in [0, 0.05) is 24.0 Å². The number of aliphatic hydroxyl groups is 1. The van der Waals surface area contributed by atoms with E-state index >= 15 is 0 Å². The third kappa shape index (κ3) is 3.57. The normalized spacial score (nSPS) is 16.5. The van der Waals surface area contributed by atoms with Gasteiger partial charge in [0.1, 0.15) is 5.58 Å². The number of hydrogen-bond acceptors (Lipinski definition) is 3. The zero-order chi connectivity index (χ0) is 19.7. The van der Waals surface area contributed by atoms with Crippen LogP contribution in [0.25, 0.3) is 11.0 Å². The van der Waals surface area contributed by atoms with Crippen LogP contribution in [0, 0.1) is 19.8 Å². The Balaban J connectivity index is 1.39. The molecule has 3 aromatic rings. The van der Waals surface area contributed by atoms with Gasteiger partial charge in [0.25, 0.3) is 0 Å². The van der Waals surface area contributed by atoms with Crippen molar-refractivity contribution in [3.63, 3.8) is 0 Å². The molecule has 2 heterocycles. The van der Waals surface area contributed by atoms with E-state index in [2.05, 4.69) is 19.9 Å². The van der Waals surface area contributed by atoms with Gasteiger partial charge >= 0.3 is 0 Å². The van der Waals surface area contributed by atoms with Crippen LogP contribution < -0.4 is 0 Å². The Labute approximate surface area is 165 Å². The highest BCUT2D eigenvalue weighted by atomic mass is 16.3. The number of benzene rings is 2. The molecule has 0 saturated carbocycles. The van der Waals surface area contributed by atoms with E-state index in [0.29, 0.717) is 19.5 Å². The molecule has 4 nitrogen and oxygen atoms in total. The molecule has 1 unspecified atom stereocenters. The number of nitrogens with zero attached hydrogens (tertiary/aromatic N) is 1. The van der Waals surface area contributed by atoms with Crippen molar-refractivity contribution in [3.8, 4) is 0 Å². The predicted octanol–water partition coefficient (Wildman–Crippen LogP) is 4.56. The Bertz CT molecular complexity index is 968. The number of rotatable bonds is 4. The number of piperidine rings is 1. The molecule has 4 rings (SSSR count). The van der Waals surface area contributed by atoms with E-state index in [4.69, 9.17) is 4.42 Å². The minimum Gasteiger partial charge on any atom is -0.464 e. The molecule has 1 amide bonds. The summed E-state index contributed by atoms with van der Waals surface area (Å²) in [6.45, 7) is 5.51. The summed E-state index contributed by atoms with van der Waals surface area (Å²) in [5.41, 5.74) is 5.12. The Kier molecular flexibility index (Phi) is 5.23. The molecule has 0 aliphatic carbocycles. The zero-order valence-electron chi connectivity index (χ0n) is 16.5. The topological polar surface area (TPSA) is 53.7 Å². The van der Waals surface area contributed by atoms with Gasteiger partial charge in [0.05, 0.1) is 18.8 Å². The molecule has 146 valence electrons. The second-order valence-corrected chi connectivity index (χ2v) is 7.90. The molecular formula is C24H27NO3. The molecule has 2 aromatic carbocycles. The van der Waals surface area contributed by atoms with Crippen molar-refractivity contribution in [2.45, 2.75) is 39.2 Å². The molecule has 1 atom stereocenters. The van der Waals surface area contributed by atoms with E-state index in [1.54, 1.807) is 6.26 Å². The van der Waals surface area contributed by atoms with Crippen LogP contribution in [-0.2, 0) is 11.2 Å². The summed E-state index contributed by atoms with van der Waals surface area (Å²) in [4.78, 5) is 14.8. The lowest BCUT2D eigenvalue weighted by atomic mass is 9.87. The summed E-state index contributed by atoms with van der Waals surface area (Å²) in [6, 6.07) is 13.9. The molecule has 1 saturated heterocycles. The molecule has 1 aliphatic heterocycles. The summed E-state index contributed by atoms with van der Waals surface area (Å²) in [5, 5.41) is 11.7. The number of aliphatic hydroxyl groups excluding tert-OH is 1. The van der Waals surface area contributed by atoms with Crippen LogP contribution in [0.1, 0.15) is 41.2 Å². The van der Waals surface area contributed by atoms with Crippen LogP contribution >= 0.6 is 0 Å². The first-order valence-electron chi connectivity index (χ1n) is 10.0. The van der Waals surface area contributed by atoms with Crippen LogP contribution in [0.3, 0.4) is 0 Å². The first kappa shape index (κ1) is 18.8. The molecule has 1 aromatic heterocycles. The average Bonchev–Trinajstić information content (AvgIpc) is 3.14. The maximum Gasteiger partial charge on any atom is 0.227 e. The molecule has 28 heavy (non-hydrogen) atoms. The summed E-state index contributed by atoms with van der Waals surface area (Å²) in [7, 11) is 0. The van der Waals surface area contributed by atoms with Crippen LogP contribution in [0.4, 0.5) is 0 Å². The Morgan fingerprint density at radius 2 is 1.86 bits per heavy atom. The largest absolute Gasteiger partial charge is 0.464 e. The van der Waals surface area contributed by atoms with Crippen molar-refractivity contribution in [1.29, 1.82) is 0 Å². The van der Waals surface area contributed by atoms with Crippen molar-refractivity contribution in [2.24, 2.45) is 5.92 Å². The van der Waals surface area contributed by atoms with Crippen molar-refractivity contribution < 1.29 is 14.3 Å². The van der Waals surface area contributed by atoms with Gasteiger partial charge in [0.2, 0.25) is 5.91 Å². The number of carbonyl (C=O) groups is 1. The number of furan rings is 1. The molecule has 1 N–H and O–H groups in total. The van der Waals surface area contributed by atoms with E-state index in [-0.39, 0.29) is 11.8 Å². The highest BCUT2D eigenvalue weighted by Crippen LogP contribution is 2.31. The number of hydrogen-bond donors (Lipinski definition) is 1. The maximum absolute atomic E-state index is 12.8. The number of carbonyl (C=O) groups excluding carboxylic acids is 1. The van der Waals surface area contributed by atoms with Crippen molar-refractivity contribution in [3.05, 3.63) is 71.0 Å². The number of fused-ring (bicyclic) bond motifs is 1. The van der Waals surface area contributed by atoms with Gasteiger partial charge in [-0.25, -0.2) is 0 Å². The molecular weight excluding hydrogens is 350 g/mol. The van der Waals surface area contributed by atoms with Gasteiger partial charge in [0.15, 0.2) is 0 Å². The fourth-order valence-electron chi connectivity index (χ4n) is 4.19. The predicted molar refractivity (Wildman–Crippen MR) is 110 cm³/mol. The third-order valence-corrected chi connectivity index (χ3v) is 6.16. The molecule has 0 spiro atoms. The van der Waals surface area contributed by atoms with E-state index in [1.165, 1.54) is 5.56 Å². The van der Waals surface area contributed by atoms with E-state index < -0.39 is 6.10 Å². The monoisotopic (exact) mass is 377 g/mol. The quantitative estimate of drug-likeness (QED) is 0.725. The van der Waals surface area contributed by atoms with Crippen LogP contribution in [0.5, 0.6) is 0 Å². The summed E-state index contributed by atoms with van der Waals surface area (Å²) >= 11 is 0. The first-order valence-corrected chi connectivity index (χ1v) is 10.0. The van der Waals surface area contributed by atoms with E-state index in [1.807, 2.05) is 41.3 Å². The van der Waals surface area contributed by atoms with Gasteiger partial charge in [-0.2, -0.15) is 0 Å². The Morgan fingerprint density at radius 3 is 2.57 bits per heavy atom. The molecule has 1 fully saturated rings. The third-order valence-electron chi connectivity index (χ3n) is 6.16. The van der Waals surface area contributed by atoms with Gasteiger partial charge < -0.3 is 14.4 Å². The summed E-state index contributed by atoms with van der Waals surface area (Å²) in [6.07, 6.45) is 3.28. The lowest BCUT2D eigenvalue weighted by Crippen LogP contribution is -2.40. The SMILES string of the molecule is Cc1ccc2c(CC(=O)N3CCC(C(O)c4ccccc4)CC3)coc2c1C. The molecule has 0 bridgehead atoms. The van der Waals surface area contributed by atoms with Gasteiger partial charge in [-0.05, 0) is 49.3 Å². The second kappa shape index (κ2) is 7.80. The number of amides is 1. The minimum absolute atomic E-state index is 0.133. The lowest BCUT2D eigenvalue weighted by molar-refractivity contribution is -0.132. The van der Waals surface area contributed by atoms with Crippen molar-refractivity contribution in [2.75, 3.05) is 13.1 Å². The van der Waals surface area contributed by atoms with Crippen LogP contribution in [-0.4, -0.2) is 29.0 Å². The number of likely N-dealkylation sites (tertiary alicyclic amines) is 1. The second-order valence-electron chi connectivity index (χ2n) is 7.90. The molecule has 1 aliphatic rings. The van der Waals surface area contributed by atoms with E-state index in [0.717, 1.165) is 40.5 Å². The number of aryl methyl sites for hydroxylation is 2. The highest BCUT2D eigenvalue weighted by molar-refractivity contribution is 5.89. The maximum atomic E-state index is 12.8. The summed E-state index contributed by atoms with van der Waals surface area (Å²) in [5.74, 6) is 0.334. The van der Waals surface area contributed by atoms with Crippen molar-refractivity contribution >= 4 is 16.9 Å². The fourth-order valence-corrected chi connectivity index (χ4v) is 4.19. The molecule has 0 radical (unpaired) electrons. The summed E-state index contributed by atoms with van der Waals surface area (Å²) < 4.78 is 5.74. The zero-order valence-corrected chi connectivity index (χ0v) is 16.5. The van der Waals surface area contributed by atoms with Crippen LogP contribution in [0.2, 0.25) is 0 Å².